The Kier molecular flexibility index (Phi) is 8.11. The van der Waals surface area contributed by atoms with Gasteiger partial charge in [-0.25, -0.2) is 37.5 Å². The van der Waals surface area contributed by atoms with E-state index in [-0.39, 0.29) is 29.9 Å². The van der Waals surface area contributed by atoms with Gasteiger partial charge in [-0.3, -0.25) is 9.97 Å². The maximum Gasteiger partial charge on any atom is 0.248 e. The Morgan fingerprint density at radius 1 is 1.05 bits per heavy atom. The number of halogens is 5. The highest BCUT2D eigenvalue weighted by Gasteiger charge is 2.54. The number of hydrogen-bond acceptors (Lipinski definition) is 8. The van der Waals surface area contributed by atoms with Crippen molar-refractivity contribution >= 4 is 10.9 Å². The van der Waals surface area contributed by atoms with E-state index in [4.69, 9.17) is 0 Å². The molecule has 1 saturated heterocycles. The fourth-order valence-electron chi connectivity index (χ4n) is 5.94. The fraction of sp³-hybridized carbons (Fsp3) is 0.538. The van der Waals surface area contributed by atoms with Gasteiger partial charge in [-0.15, -0.1) is 5.10 Å². The molecule has 1 saturated carbocycles. The van der Waals surface area contributed by atoms with Crippen LogP contribution in [0.5, 0.6) is 0 Å². The summed E-state index contributed by atoms with van der Waals surface area (Å²) < 4.78 is 70.3. The molecule has 1 aliphatic heterocycles. The molecule has 15 heteroatoms. The van der Waals surface area contributed by atoms with E-state index in [2.05, 4.69) is 20.3 Å². The second-order valence-electron chi connectivity index (χ2n) is 10.7. The third-order valence-electron chi connectivity index (χ3n) is 8.11. The summed E-state index contributed by atoms with van der Waals surface area (Å²) in [5.74, 6) is -7.47. The summed E-state index contributed by atoms with van der Waals surface area (Å²) in [5.41, 5.74) is -1.02. The first-order valence-corrected chi connectivity index (χ1v) is 14.7. The molecule has 2 fully saturated rings. The number of aliphatic hydroxyl groups excluding tert-OH is 3. The molecule has 2 aromatic heterocycles. The van der Waals surface area contributed by atoms with Crippen molar-refractivity contribution in [3.63, 3.8) is 0 Å². The molecular weight excluding hydrogens is 573 g/mol. The number of aromatic nitrogens is 5. The highest BCUT2D eigenvalue weighted by atomic mass is 32.2. The molecule has 41 heavy (non-hydrogen) atoms. The lowest BCUT2D eigenvalue weighted by molar-refractivity contribution is -0.105. The highest BCUT2D eigenvalue weighted by Crippen LogP contribution is 2.60. The smallest absolute Gasteiger partial charge is 0.248 e. The van der Waals surface area contributed by atoms with Crippen molar-refractivity contribution in [1.29, 1.82) is 0 Å². The minimum Gasteiger partial charge on any atom is -0.395 e. The van der Waals surface area contributed by atoms with Crippen LogP contribution in [0.1, 0.15) is 48.4 Å². The number of thiol groups is 1. The van der Waals surface area contributed by atoms with Crippen LogP contribution in [0.3, 0.4) is 0 Å². The third kappa shape index (κ3) is 5.57. The highest BCUT2D eigenvalue weighted by molar-refractivity contribution is 8.18. The zero-order valence-electron chi connectivity index (χ0n) is 21.9. The first-order chi connectivity index (χ1) is 19.3. The molecule has 1 aliphatic carbocycles. The molecule has 0 amide bonds. The monoisotopic (exact) mass is 603 g/mol. The SMILES string of the molecule is Cc1nccnc1[C@H]([SH]1C[C@H](O)[C@H](n2cc(-c3cc(F)c(F)c(F)c3)nn2)[C@@H](O)[C@H]1CO)C1(O)CCC(F)(F)CC1. The van der Waals surface area contributed by atoms with Gasteiger partial charge in [0.1, 0.15) is 11.7 Å². The van der Waals surface area contributed by atoms with Crippen molar-refractivity contribution in [1.82, 2.24) is 25.0 Å². The molecule has 0 spiro atoms. The summed E-state index contributed by atoms with van der Waals surface area (Å²) in [6.07, 6.45) is -0.243. The number of benzene rings is 1. The minimum atomic E-state index is -2.93. The van der Waals surface area contributed by atoms with Gasteiger partial charge in [0.15, 0.2) is 17.5 Å². The molecule has 3 heterocycles. The van der Waals surface area contributed by atoms with Gasteiger partial charge in [0.2, 0.25) is 5.92 Å². The van der Waals surface area contributed by atoms with Crippen LogP contribution >= 0.6 is 10.9 Å². The lowest BCUT2D eigenvalue weighted by atomic mass is 9.79. The number of nitrogens with zero attached hydrogens (tertiary/aromatic N) is 5. The Morgan fingerprint density at radius 2 is 1.68 bits per heavy atom. The third-order valence-corrected chi connectivity index (χ3v) is 11.6. The molecule has 1 aromatic carbocycles. The Hall–Kier alpha value is -2.72. The van der Waals surface area contributed by atoms with Crippen LogP contribution in [-0.2, 0) is 0 Å². The Morgan fingerprint density at radius 3 is 2.29 bits per heavy atom. The number of aryl methyl sites for hydroxylation is 1. The van der Waals surface area contributed by atoms with Gasteiger partial charge in [0.25, 0.3) is 0 Å². The maximum atomic E-state index is 14.1. The van der Waals surface area contributed by atoms with Crippen molar-refractivity contribution < 1.29 is 42.4 Å². The van der Waals surface area contributed by atoms with E-state index in [1.54, 1.807) is 6.92 Å². The molecule has 0 radical (unpaired) electrons. The molecule has 1 unspecified atom stereocenters. The summed E-state index contributed by atoms with van der Waals surface area (Å²) >= 11 is 0. The first kappa shape index (κ1) is 29.8. The Balaban J connectivity index is 1.49. The van der Waals surface area contributed by atoms with Gasteiger partial charge < -0.3 is 20.4 Å². The second-order valence-corrected chi connectivity index (χ2v) is 13.3. The molecule has 6 atom stereocenters. The molecule has 224 valence electrons. The van der Waals surface area contributed by atoms with Gasteiger partial charge in [0, 0.05) is 41.8 Å². The van der Waals surface area contributed by atoms with Crippen molar-refractivity contribution in [3.8, 4) is 11.3 Å². The van der Waals surface area contributed by atoms with Gasteiger partial charge in [-0.05, 0) is 31.9 Å². The van der Waals surface area contributed by atoms with E-state index in [1.165, 1.54) is 18.6 Å². The molecule has 0 bridgehead atoms. The van der Waals surface area contributed by atoms with Crippen molar-refractivity contribution in [2.24, 2.45) is 0 Å². The van der Waals surface area contributed by atoms with Crippen LogP contribution in [0, 0.1) is 24.4 Å². The topological polar surface area (TPSA) is 137 Å². The normalized spacial score (nSPS) is 29.3. The van der Waals surface area contributed by atoms with E-state index >= 15 is 0 Å². The van der Waals surface area contributed by atoms with Crippen LogP contribution in [0.4, 0.5) is 22.0 Å². The summed E-state index contributed by atoms with van der Waals surface area (Å²) in [4.78, 5) is 8.66. The first-order valence-electron chi connectivity index (χ1n) is 13.0. The fourth-order valence-corrected chi connectivity index (χ4v) is 9.67. The molecule has 2 aliphatic rings. The van der Waals surface area contributed by atoms with E-state index in [1.807, 2.05) is 0 Å². The Bertz CT molecular complexity index is 1380. The summed E-state index contributed by atoms with van der Waals surface area (Å²) in [5, 5.41) is 51.0. The number of rotatable bonds is 6. The van der Waals surface area contributed by atoms with Gasteiger partial charge >= 0.3 is 0 Å². The summed E-state index contributed by atoms with van der Waals surface area (Å²) in [6.45, 7) is 1.10. The number of hydrogen-bond donors (Lipinski definition) is 5. The predicted molar refractivity (Wildman–Crippen MR) is 139 cm³/mol. The van der Waals surface area contributed by atoms with Crippen molar-refractivity contribution in [3.05, 3.63) is 59.6 Å². The van der Waals surface area contributed by atoms with Gasteiger partial charge in [-0.1, -0.05) is 5.21 Å². The maximum absolute atomic E-state index is 14.1. The van der Waals surface area contributed by atoms with Crippen molar-refractivity contribution in [2.45, 2.75) is 72.9 Å². The van der Waals surface area contributed by atoms with Gasteiger partial charge in [0.05, 0.1) is 47.3 Å². The van der Waals surface area contributed by atoms with Crippen LogP contribution in [-0.4, -0.2) is 86.7 Å². The van der Waals surface area contributed by atoms with E-state index < -0.39 is 88.1 Å². The minimum absolute atomic E-state index is 0.0311. The summed E-state index contributed by atoms with van der Waals surface area (Å²) in [7, 11) is -1.69. The summed E-state index contributed by atoms with van der Waals surface area (Å²) in [6, 6.07) is 0.313. The lowest BCUT2D eigenvalue weighted by Gasteiger charge is -2.53. The van der Waals surface area contributed by atoms with E-state index in [0.29, 0.717) is 11.4 Å². The second kappa shape index (κ2) is 11.2. The standard InChI is InChI=1S/C26H30F5N5O4S/c1-13-21(33-7-6-32-13)24(25(40)2-4-26(30,31)5-3-25)41-12-18(38)22(23(39)19(41)11-37)36-10-17(34-35-36)14-8-15(27)20(29)16(28)9-14/h6-10,18-19,22-24,37-41H,2-5,11-12H2,1H3/t18-,19+,22-,23-,24-/m0/s1. The molecule has 9 nitrogen and oxygen atoms in total. The van der Waals surface area contributed by atoms with E-state index in [9.17, 15) is 42.4 Å². The average Bonchev–Trinajstić information content (AvgIpc) is 3.40. The molecule has 5 rings (SSSR count). The van der Waals surface area contributed by atoms with Gasteiger partial charge in [-0.2, -0.15) is 0 Å². The Labute approximate surface area is 234 Å². The lowest BCUT2D eigenvalue weighted by Crippen LogP contribution is -2.53. The largest absolute Gasteiger partial charge is 0.395 e. The van der Waals surface area contributed by atoms with Crippen molar-refractivity contribution in [2.75, 3.05) is 12.4 Å². The quantitative estimate of drug-likeness (QED) is 0.165. The van der Waals surface area contributed by atoms with E-state index in [0.717, 1.165) is 16.8 Å². The molecular formula is C26H30F5N5O4S. The van der Waals surface area contributed by atoms with Crippen LogP contribution in [0.25, 0.3) is 11.3 Å². The zero-order valence-corrected chi connectivity index (χ0v) is 22.8. The zero-order chi connectivity index (χ0) is 29.7. The molecule has 3 aromatic rings. The predicted octanol–water partition coefficient (Wildman–Crippen LogP) is 2.78. The van der Waals surface area contributed by atoms with Crippen LogP contribution in [0.2, 0.25) is 0 Å². The number of aliphatic hydroxyl groups is 4. The van der Waals surface area contributed by atoms with Crippen LogP contribution < -0.4 is 0 Å². The molecule has 4 N–H and O–H groups in total. The number of alkyl halides is 2. The average molecular weight is 604 g/mol. The van der Waals surface area contributed by atoms with Crippen LogP contribution in [0.15, 0.2) is 30.7 Å².